The molecule has 0 fully saturated rings. The van der Waals surface area contributed by atoms with Crippen molar-refractivity contribution in [3.63, 3.8) is 0 Å². The Morgan fingerprint density at radius 3 is 2.64 bits per heavy atom. The molecule has 126 valence electrons. The summed E-state index contributed by atoms with van der Waals surface area (Å²) in [7, 11) is -3.70. The summed E-state index contributed by atoms with van der Waals surface area (Å²) in [5.74, 6) is 0.584. The van der Waals surface area contributed by atoms with Crippen LogP contribution in [0.25, 0.3) is 5.69 Å². The molecule has 3 rings (SSSR count). The summed E-state index contributed by atoms with van der Waals surface area (Å²) in [5.41, 5.74) is 1.86. The van der Waals surface area contributed by atoms with Crippen LogP contribution in [0.5, 0.6) is 0 Å². The average molecular weight is 352 g/mol. The first kappa shape index (κ1) is 16.9. The molecule has 3 aromatic rings. The molecule has 0 saturated carbocycles. The summed E-state index contributed by atoms with van der Waals surface area (Å²) in [6, 6.07) is 16.1. The molecule has 0 spiro atoms. The molecule has 0 atom stereocenters. The molecule has 0 saturated heterocycles. The smallest absolute Gasteiger partial charge is 0.241 e. The van der Waals surface area contributed by atoms with Crippen molar-refractivity contribution in [2.24, 2.45) is 0 Å². The zero-order valence-electron chi connectivity index (χ0n) is 13.5. The van der Waals surface area contributed by atoms with Crippen LogP contribution in [0.2, 0.25) is 0 Å². The quantitative estimate of drug-likeness (QED) is 0.764. The third-order valence-electron chi connectivity index (χ3n) is 3.77. The van der Waals surface area contributed by atoms with Crippen molar-refractivity contribution >= 4 is 10.0 Å². The molecular weight excluding hydrogens is 336 g/mol. The van der Waals surface area contributed by atoms with Crippen molar-refractivity contribution in [3.8, 4) is 11.8 Å². The highest BCUT2D eigenvalue weighted by atomic mass is 32.2. The molecular formula is C18H16N4O2S. The van der Waals surface area contributed by atoms with Crippen molar-refractivity contribution in [1.82, 2.24) is 14.3 Å². The number of hydrogen-bond acceptors (Lipinski definition) is 4. The van der Waals surface area contributed by atoms with Gasteiger partial charge >= 0.3 is 0 Å². The van der Waals surface area contributed by atoms with Crippen LogP contribution in [0, 0.1) is 18.3 Å². The third kappa shape index (κ3) is 3.60. The summed E-state index contributed by atoms with van der Waals surface area (Å²) in [6.07, 6.45) is 3.41. The Morgan fingerprint density at radius 2 is 1.96 bits per heavy atom. The number of rotatable bonds is 5. The standard InChI is InChI=1S/C18H16N4O2S/c1-14-11-15(12-19)7-8-17(14)25(23,24)21-13-18-20-9-10-22(18)16-5-3-2-4-6-16/h2-11,21H,13H2,1H3. The zero-order chi connectivity index (χ0) is 17.9. The van der Waals surface area contributed by atoms with Crippen molar-refractivity contribution in [2.75, 3.05) is 0 Å². The predicted molar refractivity (Wildman–Crippen MR) is 93.5 cm³/mol. The van der Waals surface area contributed by atoms with E-state index in [1.165, 1.54) is 12.1 Å². The van der Waals surface area contributed by atoms with Crippen LogP contribution in [-0.2, 0) is 16.6 Å². The van der Waals surface area contributed by atoms with E-state index in [2.05, 4.69) is 9.71 Å². The summed E-state index contributed by atoms with van der Waals surface area (Å²) < 4.78 is 29.5. The average Bonchev–Trinajstić information content (AvgIpc) is 3.09. The van der Waals surface area contributed by atoms with E-state index in [1.54, 1.807) is 25.4 Å². The van der Waals surface area contributed by atoms with Gasteiger partial charge in [-0.3, -0.25) is 0 Å². The second-order valence-electron chi connectivity index (χ2n) is 5.47. The third-order valence-corrected chi connectivity index (χ3v) is 5.33. The number of para-hydroxylation sites is 1. The van der Waals surface area contributed by atoms with Gasteiger partial charge in [0.1, 0.15) is 5.82 Å². The number of benzene rings is 2. The van der Waals surface area contributed by atoms with Gasteiger partial charge in [-0.25, -0.2) is 18.1 Å². The van der Waals surface area contributed by atoms with Crippen LogP contribution in [-0.4, -0.2) is 18.0 Å². The first-order chi connectivity index (χ1) is 12.0. The van der Waals surface area contributed by atoms with E-state index < -0.39 is 10.0 Å². The minimum absolute atomic E-state index is 0.0592. The Hall–Kier alpha value is -2.95. The highest BCUT2D eigenvalue weighted by molar-refractivity contribution is 7.89. The fourth-order valence-corrected chi connectivity index (χ4v) is 3.75. The fraction of sp³-hybridized carbons (Fsp3) is 0.111. The van der Waals surface area contributed by atoms with Crippen LogP contribution in [0.1, 0.15) is 17.0 Å². The van der Waals surface area contributed by atoms with E-state index in [4.69, 9.17) is 5.26 Å². The van der Waals surface area contributed by atoms with Gasteiger partial charge in [0.25, 0.3) is 0 Å². The van der Waals surface area contributed by atoms with Crippen LogP contribution in [0.4, 0.5) is 0 Å². The van der Waals surface area contributed by atoms with Gasteiger partial charge in [0.05, 0.1) is 23.1 Å². The molecule has 0 bridgehead atoms. The van der Waals surface area contributed by atoms with E-state index in [9.17, 15) is 8.42 Å². The topological polar surface area (TPSA) is 87.8 Å². The lowest BCUT2D eigenvalue weighted by Gasteiger charge is -2.11. The normalized spacial score (nSPS) is 11.2. The number of nitrogens with one attached hydrogen (secondary N) is 1. The molecule has 7 heteroatoms. The summed E-state index contributed by atoms with van der Waals surface area (Å²) >= 11 is 0. The second-order valence-corrected chi connectivity index (χ2v) is 7.20. The van der Waals surface area contributed by atoms with Crippen molar-refractivity contribution < 1.29 is 8.42 Å². The summed E-state index contributed by atoms with van der Waals surface area (Å²) in [5, 5.41) is 8.90. The monoisotopic (exact) mass is 352 g/mol. The lowest BCUT2D eigenvalue weighted by molar-refractivity contribution is 0.578. The Kier molecular flexibility index (Phi) is 4.65. The molecule has 2 aromatic carbocycles. The predicted octanol–water partition coefficient (Wildman–Crippen LogP) is 2.53. The number of nitrogens with zero attached hydrogens (tertiary/aromatic N) is 3. The highest BCUT2D eigenvalue weighted by Crippen LogP contribution is 2.17. The van der Waals surface area contributed by atoms with Gasteiger partial charge in [-0.15, -0.1) is 0 Å². The minimum atomic E-state index is -3.70. The van der Waals surface area contributed by atoms with Gasteiger partial charge in [0.15, 0.2) is 0 Å². The summed E-state index contributed by atoms with van der Waals surface area (Å²) in [4.78, 5) is 4.39. The highest BCUT2D eigenvalue weighted by Gasteiger charge is 2.18. The van der Waals surface area contributed by atoms with Gasteiger partial charge in [-0.05, 0) is 42.8 Å². The number of imidazole rings is 1. The number of nitriles is 1. The molecule has 0 aliphatic heterocycles. The lowest BCUT2D eigenvalue weighted by Crippen LogP contribution is -2.25. The Morgan fingerprint density at radius 1 is 1.20 bits per heavy atom. The first-order valence-corrected chi connectivity index (χ1v) is 9.07. The van der Waals surface area contributed by atoms with E-state index >= 15 is 0 Å². The van der Waals surface area contributed by atoms with E-state index in [-0.39, 0.29) is 11.4 Å². The molecule has 0 aliphatic rings. The Labute approximate surface area is 146 Å². The molecule has 25 heavy (non-hydrogen) atoms. The van der Waals surface area contributed by atoms with Gasteiger partial charge < -0.3 is 4.57 Å². The van der Waals surface area contributed by atoms with Gasteiger partial charge in [-0.2, -0.15) is 5.26 Å². The van der Waals surface area contributed by atoms with Crippen LogP contribution >= 0.6 is 0 Å². The molecule has 0 unspecified atom stereocenters. The van der Waals surface area contributed by atoms with E-state index in [0.29, 0.717) is 17.0 Å². The van der Waals surface area contributed by atoms with Gasteiger partial charge in [0.2, 0.25) is 10.0 Å². The minimum Gasteiger partial charge on any atom is -0.303 e. The second kappa shape index (κ2) is 6.89. The van der Waals surface area contributed by atoms with Gasteiger partial charge in [-0.1, -0.05) is 18.2 Å². The number of aryl methyl sites for hydroxylation is 1. The molecule has 6 nitrogen and oxygen atoms in total. The van der Waals surface area contributed by atoms with E-state index in [0.717, 1.165) is 5.69 Å². The first-order valence-electron chi connectivity index (χ1n) is 7.59. The van der Waals surface area contributed by atoms with Crippen LogP contribution < -0.4 is 4.72 Å². The van der Waals surface area contributed by atoms with Crippen LogP contribution in [0.3, 0.4) is 0 Å². The molecule has 1 N–H and O–H groups in total. The molecule has 0 aliphatic carbocycles. The Bertz CT molecular complexity index is 1030. The molecule has 0 radical (unpaired) electrons. The van der Waals surface area contributed by atoms with E-state index in [1.807, 2.05) is 41.0 Å². The number of hydrogen-bond donors (Lipinski definition) is 1. The summed E-state index contributed by atoms with van der Waals surface area (Å²) in [6.45, 7) is 1.73. The largest absolute Gasteiger partial charge is 0.303 e. The maximum atomic E-state index is 12.6. The zero-order valence-corrected chi connectivity index (χ0v) is 14.4. The molecule has 1 aromatic heterocycles. The Balaban J connectivity index is 1.83. The van der Waals surface area contributed by atoms with Crippen molar-refractivity contribution in [2.45, 2.75) is 18.4 Å². The lowest BCUT2D eigenvalue weighted by atomic mass is 10.2. The molecule has 0 amide bonds. The maximum absolute atomic E-state index is 12.6. The number of aromatic nitrogens is 2. The van der Waals surface area contributed by atoms with Crippen LogP contribution in [0.15, 0.2) is 65.8 Å². The SMILES string of the molecule is Cc1cc(C#N)ccc1S(=O)(=O)NCc1nccn1-c1ccccc1. The van der Waals surface area contributed by atoms with Crippen molar-refractivity contribution in [3.05, 3.63) is 77.9 Å². The van der Waals surface area contributed by atoms with Crippen molar-refractivity contribution in [1.29, 1.82) is 5.26 Å². The fourth-order valence-electron chi connectivity index (χ4n) is 2.55. The maximum Gasteiger partial charge on any atom is 0.241 e. The number of sulfonamides is 1. The van der Waals surface area contributed by atoms with Gasteiger partial charge in [0, 0.05) is 18.1 Å². The molecule has 1 heterocycles.